The van der Waals surface area contributed by atoms with Gasteiger partial charge in [-0.25, -0.2) is 13.2 Å². The van der Waals surface area contributed by atoms with Crippen molar-refractivity contribution in [2.75, 3.05) is 20.1 Å². The second kappa shape index (κ2) is 11.9. The predicted octanol–water partition coefficient (Wildman–Crippen LogP) is 2.46. The Morgan fingerprint density at radius 3 is 2.14 bits per heavy atom. The number of piperidine rings is 1. The highest BCUT2D eigenvalue weighted by atomic mass is 32.2. The van der Waals surface area contributed by atoms with E-state index >= 15 is 0 Å². The Balaban J connectivity index is 1.59. The van der Waals surface area contributed by atoms with Crippen molar-refractivity contribution in [2.24, 2.45) is 11.8 Å². The Morgan fingerprint density at radius 2 is 1.57 bits per heavy atom. The summed E-state index contributed by atoms with van der Waals surface area (Å²) in [5.41, 5.74) is 2.38. The van der Waals surface area contributed by atoms with Crippen LogP contribution in [0.4, 0.5) is 4.79 Å². The van der Waals surface area contributed by atoms with E-state index < -0.39 is 62.0 Å². The summed E-state index contributed by atoms with van der Waals surface area (Å²) in [4.78, 5) is 44.0. The average molecular weight is 596 g/mol. The molecule has 2 aromatic carbocycles. The standard InChI is InChI=1S/C32H41N3O6S/c1-4-21(5-2)29-30(36)33-28(25-18-22-10-6-7-11-23(22)19-25)31(37)35(29,32(38)39)20-24-12-8-9-13-27(24)42(40,41)26-14-16-34(3)17-15-26/h6-13,21,25-26,28-29H,4-5,14-20H2,1-3H3,(H-,33,36,38,39)/t28-,29-,35?/m1/s1. The Labute approximate surface area is 248 Å². The fourth-order valence-electron chi connectivity index (χ4n) is 7.44. The summed E-state index contributed by atoms with van der Waals surface area (Å²) in [6.45, 7) is 4.56. The van der Waals surface area contributed by atoms with Gasteiger partial charge in [-0.05, 0) is 75.9 Å². The summed E-state index contributed by atoms with van der Waals surface area (Å²) in [5.74, 6) is -1.87. The molecule has 5 rings (SSSR count). The third kappa shape index (κ3) is 5.18. The highest BCUT2D eigenvalue weighted by molar-refractivity contribution is 7.92. The smallest absolute Gasteiger partial charge is 0.343 e. The highest BCUT2D eigenvalue weighted by Crippen LogP contribution is 2.39. The molecule has 3 atom stereocenters. The largest absolute Gasteiger partial charge is 0.498 e. The number of nitrogens with one attached hydrogen (secondary N) is 1. The van der Waals surface area contributed by atoms with E-state index in [1.54, 1.807) is 18.2 Å². The van der Waals surface area contributed by atoms with E-state index in [0.29, 0.717) is 51.6 Å². The second-order valence-corrected chi connectivity index (χ2v) is 14.4. The highest BCUT2D eigenvalue weighted by Gasteiger charge is 2.61. The molecule has 2 heterocycles. The zero-order valence-electron chi connectivity index (χ0n) is 24.6. The first-order chi connectivity index (χ1) is 20.0. The summed E-state index contributed by atoms with van der Waals surface area (Å²) in [6.07, 6.45) is 1.30. The number of carboxylic acid groups (broad SMARTS) is 1. The third-order valence-corrected chi connectivity index (χ3v) is 12.2. The fourth-order valence-corrected chi connectivity index (χ4v) is 9.40. The summed E-state index contributed by atoms with van der Waals surface area (Å²) in [7, 11) is -1.87. The van der Waals surface area contributed by atoms with Crippen LogP contribution in [0.2, 0.25) is 0 Å². The number of quaternary nitrogens is 1. The number of rotatable bonds is 8. The number of likely N-dealkylation sites (tertiary alicyclic amines) is 1. The summed E-state index contributed by atoms with van der Waals surface area (Å²) < 4.78 is 26.7. The van der Waals surface area contributed by atoms with Crippen molar-refractivity contribution >= 4 is 27.7 Å². The lowest BCUT2D eigenvalue weighted by Crippen LogP contribution is -2.79. The van der Waals surface area contributed by atoms with E-state index in [9.17, 15) is 27.9 Å². The SMILES string of the molecule is CCC(CC)[C@@H]1C(=O)N[C@H](C2Cc3ccccc3C2)C(=O)[N+]1(Cc1ccccc1S(=O)(=O)C1CCN(C)CC1)C(=O)[O-]. The van der Waals surface area contributed by atoms with Gasteiger partial charge in [0.15, 0.2) is 15.9 Å². The Hall–Kier alpha value is -3.08. The molecule has 2 aromatic rings. The van der Waals surface area contributed by atoms with E-state index in [4.69, 9.17) is 0 Å². The number of fused-ring (bicyclic) bond motifs is 1. The number of imide groups is 1. The summed E-state index contributed by atoms with van der Waals surface area (Å²) in [6, 6.07) is 11.9. The van der Waals surface area contributed by atoms with Gasteiger partial charge in [0, 0.05) is 17.4 Å². The molecule has 3 aliphatic rings. The molecular weight excluding hydrogens is 554 g/mol. The van der Waals surface area contributed by atoms with Crippen LogP contribution in [-0.2, 0) is 38.8 Å². The van der Waals surface area contributed by atoms with Crippen molar-refractivity contribution in [1.29, 1.82) is 0 Å². The number of carbonyl (C=O) groups is 3. The normalized spacial score (nSPS) is 25.9. The van der Waals surface area contributed by atoms with Crippen LogP contribution >= 0.6 is 0 Å². The van der Waals surface area contributed by atoms with Gasteiger partial charge in [0.2, 0.25) is 0 Å². The van der Waals surface area contributed by atoms with Crippen LogP contribution in [0.15, 0.2) is 53.4 Å². The summed E-state index contributed by atoms with van der Waals surface area (Å²) >= 11 is 0. The molecule has 3 amide bonds. The molecule has 0 aromatic heterocycles. The van der Waals surface area contributed by atoms with Crippen LogP contribution in [0.25, 0.3) is 0 Å². The van der Waals surface area contributed by atoms with Crippen molar-refractivity contribution < 1.29 is 32.4 Å². The van der Waals surface area contributed by atoms with Crippen LogP contribution in [0.5, 0.6) is 0 Å². The minimum Gasteiger partial charge on any atom is -0.498 e. The van der Waals surface area contributed by atoms with Gasteiger partial charge in [0.25, 0.3) is 12.0 Å². The number of carbonyl (C=O) groups excluding carboxylic acids is 3. The molecule has 42 heavy (non-hydrogen) atoms. The first-order valence-electron chi connectivity index (χ1n) is 15.1. The first-order valence-corrected chi connectivity index (χ1v) is 16.6. The van der Waals surface area contributed by atoms with Gasteiger partial charge in [0.1, 0.15) is 12.6 Å². The summed E-state index contributed by atoms with van der Waals surface area (Å²) in [5, 5.41) is 15.7. The lowest BCUT2D eigenvalue weighted by molar-refractivity contribution is -0.841. The Kier molecular flexibility index (Phi) is 8.60. The molecule has 0 radical (unpaired) electrons. The molecule has 0 saturated carbocycles. The topological polar surface area (TPSA) is 124 Å². The third-order valence-electron chi connectivity index (χ3n) is 9.88. The first kappa shape index (κ1) is 30.4. The Bertz CT molecular complexity index is 1440. The number of piperazine rings is 1. The van der Waals surface area contributed by atoms with Gasteiger partial charge in [-0.15, -0.1) is 0 Å². The molecule has 1 N–H and O–H groups in total. The van der Waals surface area contributed by atoms with Crippen LogP contribution in [-0.4, -0.2) is 73.2 Å². The number of hydrogen-bond acceptors (Lipinski definition) is 7. The second-order valence-electron chi connectivity index (χ2n) is 12.2. The van der Waals surface area contributed by atoms with Crippen molar-refractivity contribution in [2.45, 2.75) is 81.1 Å². The molecule has 9 nitrogen and oxygen atoms in total. The van der Waals surface area contributed by atoms with E-state index in [-0.39, 0.29) is 16.4 Å². The maximum absolute atomic E-state index is 14.6. The minimum absolute atomic E-state index is 0.0326. The molecular formula is C32H41N3O6S. The van der Waals surface area contributed by atoms with Gasteiger partial charge in [-0.1, -0.05) is 56.3 Å². The molecule has 1 aliphatic carbocycles. The predicted molar refractivity (Wildman–Crippen MR) is 156 cm³/mol. The van der Waals surface area contributed by atoms with E-state index in [0.717, 1.165) is 11.1 Å². The zero-order valence-corrected chi connectivity index (χ0v) is 25.4. The maximum Gasteiger partial charge on any atom is 0.343 e. The zero-order chi connectivity index (χ0) is 30.2. The minimum atomic E-state index is -3.83. The van der Waals surface area contributed by atoms with E-state index in [1.165, 1.54) is 6.07 Å². The van der Waals surface area contributed by atoms with Gasteiger partial charge >= 0.3 is 5.91 Å². The van der Waals surface area contributed by atoms with E-state index in [2.05, 4.69) is 10.2 Å². The van der Waals surface area contributed by atoms with Crippen LogP contribution in [0.3, 0.4) is 0 Å². The number of amides is 3. The van der Waals surface area contributed by atoms with Gasteiger partial charge in [-0.2, -0.15) is 4.48 Å². The van der Waals surface area contributed by atoms with Crippen molar-refractivity contribution in [3.8, 4) is 0 Å². The van der Waals surface area contributed by atoms with Crippen molar-refractivity contribution in [3.05, 3.63) is 65.2 Å². The lowest BCUT2D eigenvalue weighted by Gasteiger charge is -2.49. The number of nitrogens with zero attached hydrogens (tertiary/aromatic N) is 2. The van der Waals surface area contributed by atoms with Crippen LogP contribution in [0, 0.1) is 11.8 Å². The molecule has 0 bridgehead atoms. The number of hydrogen-bond donors (Lipinski definition) is 1. The fraction of sp³-hybridized carbons (Fsp3) is 0.531. The molecule has 226 valence electrons. The van der Waals surface area contributed by atoms with Gasteiger partial charge in [-0.3, -0.25) is 4.79 Å². The van der Waals surface area contributed by atoms with E-state index in [1.807, 2.05) is 45.2 Å². The number of sulfone groups is 1. The average Bonchev–Trinajstić information content (AvgIpc) is 3.41. The molecule has 1 unspecified atom stereocenters. The van der Waals surface area contributed by atoms with Gasteiger partial charge < -0.3 is 20.1 Å². The number of benzene rings is 2. The molecule has 10 heteroatoms. The molecule has 0 spiro atoms. The quantitative estimate of drug-likeness (QED) is 0.465. The Morgan fingerprint density at radius 1 is 1.00 bits per heavy atom. The van der Waals surface area contributed by atoms with Crippen LogP contribution < -0.4 is 10.4 Å². The van der Waals surface area contributed by atoms with Crippen LogP contribution in [0.1, 0.15) is 56.2 Å². The maximum atomic E-state index is 14.6. The monoisotopic (exact) mass is 595 g/mol. The molecule has 2 saturated heterocycles. The lowest BCUT2D eigenvalue weighted by atomic mass is 9.83. The van der Waals surface area contributed by atoms with Crippen molar-refractivity contribution in [1.82, 2.24) is 10.2 Å². The molecule has 2 aliphatic heterocycles. The molecule has 2 fully saturated rings. The van der Waals surface area contributed by atoms with Crippen molar-refractivity contribution in [3.63, 3.8) is 0 Å². The van der Waals surface area contributed by atoms with Gasteiger partial charge in [0.05, 0.1) is 10.1 Å².